The van der Waals surface area contributed by atoms with Gasteiger partial charge in [0.1, 0.15) is 17.1 Å². The number of carbonyl (C=O) groups is 1. The lowest BCUT2D eigenvalue weighted by molar-refractivity contribution is 0.0698. The van der Waals surface area contributed by atoms with Gasteiger partial charge in [-0.25, -0.2) is 0 Å². The molecule has 1 aromatic carbocycles. The van der Waals surface area contributed by atoms with E-state index in [0.29, 0.717) is 26.3 Å². The lowest BCUT2D eigenvalue weighted by Crippen LogP contribution is -2.30. The minimum absolute atomic E-state index is 0.0983. The van der Waals surface area contributed by atoms with Crippen molar-refractivity contribution in [1.29, 1.82) is 0 Å². The molecule has 100 valence electrons. The van der Waals surface area contributed by atoms with E-state index in [0.717, 1.165) is 0 Å². The monoisotopic (exact) mass is 254 g/mol. The summed E-state index contributed by atoms with van der Waals surface area (Å²) in [7, 11) is 1.57. The van der Waals surface area contributed by atoms with Gasteiger partial charge in [0.25, 0.3) is 5.91 Å². The Morgan fingerprint density at radius 3 is 2.50 bits per heavy atom. The maximum absolute atomic E-state index is 12.0. The lowest BCUT2D eigenvalue weighted by Gasteiger charge is -2.18. The summed E-state index contributed by atoms with van der Waals surface area (Å²) >= 11 is 0. The first-order valence-corrected chi connectivity index (χ1v) is 5.62. The fraction of sp³-hybridized carbons (Fsp3) is 0.417. The van der Waals surface area contributed by atoms with Gasteiger partial charge in [0.15, 0.2) is 0 Å². The number of nitrogens with zero attached hydrogens (tertiary/aromatic N) is 1. The Bertz CT molecular complexity index is 389. The van der Waals surface area contributed by atoms with Crippen molar-refractivity contribution in [2.45, 2.75) is 0 Å². The molecular formula is C12H18N2O4. The van der Waals surface area contributed by atoms with E-state index >= 15 is 0 Å². The van der Waals surface area contributed by atoms with Crippen LogP contribution >= 0.6 is 0 Å². The average molecular weight is 254 g/mol. The number of likely N-dealkylation sites (N-methyl/N-ethyl adjacent to an activating group) is 1. The minimum atomic E-state index is -0.457. The topological polar surface area (TPSA) is 96.0 Å². The third-order valence-electron chi connectivity index (χ3n) is 2.41. The predicted molar refractivity (Wildman–Crippen MR) is 66.6 cm³/mol. The number of hydrogen-bond donors (Lipinski definition) is 3. The Hall–Kier alpha value is -1.79. The van der Waals surface area contributed by atoms with E-state index in [2.05, 4.69) is 0 Å². The van der Waals surface area contributed by atoms with E-state index in [1.54, 1.807) is 7.05 Å². The lowest BCUT2D eigenvalue weighted by atomic mass is 10.1. The van der Waals surface area contributed by atoms with Gasteiger partial charge < -0.3 is 25.6 Å². The molecule has 0 unspecified atom stereocenters. The summed E-state index contributed by atoms with van der Waals surface area (Å²) in [5, 5.41) is 19.1. The highest BCUT2D eigenvalue weighted by atomic mass is 16.5. The predicted octanol–water partition coefficient (Wildman–Crippen LogP) is 0.145. The van der Waals surface area contributed by atoms with Crippen molar-refractivity contribution in [3.8, 4) is 11.5 Å². The fourth-order valence-electron chi connectivity index (χ4n) is 1.43. The molecule has 0 aliphatic rings. The number of benzene rings is 1. The summed E-state index contributed by atoms with van der Waals surface area (Å²) in [5.41, 5.74) is 5.17. The first-order chi connectivity index (χ1) is 8.57. The van der Waals surface area contributed by atoms with Crippen molar-refractivity contribution in [3.05, 3.63) is 23.8 Å². The number of phenols is 2. The summed E-state index contributed by atoms with van der Waals surface area (Å²) in [6, 6.07) is 4.17. The van der Waals surface area contributed by atoms with Crippen LogP contribution in [0.15, 0.2) is 18.2 Å². The molecule has 4 N–H and O–H groups in total. The van der Waals surface area contributed by atoms with Crippen LogP contribution in [0.5, 0.6) is 11.5 Å². The number of carbonyl (C=O) groups excluding carboxylic acids is 1. The maximum Gasteiger partial charge on any atom is 0.261 e. The van der Waals surface area contributed by atoms with Crippen LogP contribution in [-0.2, 0) is 4.74 Å². The number of aromatic hydroxyl groups is 2. The molecule has 0 aromatic heterocycles. The van der Waals surface area contributed by atoms with Crippen LogP contribution in [0.25, 0.3) is 0 Å². The molecule has 18 heavy (non-hydrogen) atoms. The SMILES string of the molecule is CN(CCOCCN)C(=O)c1c(O)cccc1O. The number of amides is 1. The summed E-state index contributed by atoms with van der Waals surface area (Å²) in [4.78, 5) is 13.3. The summed E-state index contributed by atoms with van der Waals surface area (Å²) in [6.07, 6.45) is 0. The van der Waals surface area contributed by atoms with Crippen molar-refractivity contribution in [2.24, 2.45) is 5.73 Å². The van der Waals surface area contributed by atoms with Gasteiger partial charge in [-0.1, -0.05) is 6.07 Å². The standard InChI is InChI=1S/C12H18N2O4/c1-14(6-8-18-7-5-13)12(17)11-9(15)3-2-4-10(11)16/h2-4,15-16H,5-8,13H2,1H3. The number of nitrogens with two attached hydrogens (primary N) is 1. The van der Waals surface area contributed by atoms with Gasteiger partial charge in [0.05, 0.1) is 13.2 Å². The Kier molecular flexibility index (Phi) is 5.41. The third kappa shape index (κ3) is 3.61. The summed E-state index contributed by atoms with van der Waals surface area (Å²) in [6.45, 7) is 1.57. The van der Waals surface area contributed by atoms with E-state index < -0.39 is 5.91 Å². The summed E-state index contributed by atoms with van der Waals surface area (Å²) < 4.78 is 5.16. The average Bonchev–Trinajstić information content (AvgIpc) is 2.34. The molecule has 0 spiro atoms. The molecule has 0 radical (unpaired) electrons. The molecule has 1 amide bonds. The van der Waals surface area contributed by atoms with Crippen LogP contribution in [-0.4, -0.2) is 54.4 Å². The Balaban J connectivity index is 2.63. The smallest absolute Gasteiger partial charge is 0.261 e. The molecule has 6 heteroatoms. The largest absolute Gasteiger partial charge is 0.507 e. The van der Waals surface area contributed by atoms with Gasteiger partial charge in [0, 0.05) is 20.1 Å². The normalized spacial score (nSPS) is 10.3. The molecule has 1 rings (SSSR count). The van der Waals surface area contributed by atoms with Crippen molar-refractivity contribution in [3.63, 3.8) is 0 Å². The second-order valence-corrected chi connectivity index (χ2v) is 3.80. The number of ether oxygens (including phenoxy) is 1. The zero-order chi connectivity index (χ0) is 13.5. The van der Waals surface area contributed by atoms with Crippen LogP contribution < -0.4 is 5.73 Å². The zero-order valence-electron chi connectivity index (χ0n) is 10.3. The van der Waals surface area contributed by atoms with Gasteiger partial charge in [0.2, 0.25) is 0 Å². The van der Waals surface area contributed by atoms with E-state index in [1.165, 1.54) is 23.1 Å². The van der Waals surface area contributed by atoms with Crippen molar-refractivity contribution in [2.75, 3.05) is 33.4 Å². The third-order valence-corrected chi connectivity index (χ3v) is 2.41. The highest BCUT2D eigenvalue weighted by molar-refractivity contribution is 5.99. The quantitative estimate of drug-likeness (QED) is 0.628. The molecular weight excluding hydrogens is 236 g/mol. The van der Waals surface area contributed by atoms with Crippen LogP contribution in [0.1, 0.15) is 10.4 Å². The fourth-order valence-corrected chi connectivity index (χ4v) is 1.43. The van der Waals surface area contributed by atoms with E-state index in [4.69, 9.17) is 10.5 Å². The molecule has 0 aliphatic heterocycles. The number of hydrogen-bond acceptors (Lipinski definition) is 5. The van der Waals surface area contributed by atoms with Gasteiger partial charge in [-0.2, -0.15) is 0 Å². The molecule has 0 aliphatic carbocycles. The van der Waals surface area contributed by atoms with Crippen LogP contribution in [0.2, 0.25) is 0 Å². The van der Waals surface area contributed by atoms with Crippen LogP contribution in [0, 0.1) is 0 Å². The van der Waals surface area contributed by atoms with Crippen molar-refractivity contribution in [1.82, 2.24) is 4.90 Å². The maximum atomic E-state index is 12.0. The highest BCUT2D eigenvalue weighted by Crippen LogP contribution is 2.27. The Morgan fingerprint density at radius 1 is 1.33 bits per heavy atom. The number of rotatable bonds is 6. The molecule has 0 saturated heterocycles. The Morgan fingerprint density at radius 2 is 1.94 bits per heavy atom. The molecule has 0 heterocycles. The summed E-state index contributed by atoms with van der Waals surface area (Å²) in [5.74, 6) is -0.939. The molecule has 0 saturated carbocycles. The van der Waals surface area contributed by atoms with Crippen molar-refractivity contribution < 1.29 is 19.7 Å². The molecule has 0 atom stereocenters. The van der Waals surface area contributed by atoms with Crippen LogP contribution in [0.3, 0.4) is 0 Å². The van der Waals surface area contributed by atoms with Crippen molar-refractivity contribution >= 4 is 5.91 Å². The first kappa shape index (κ1) is 14.3. The second kappa shape index (κ2) is 6.83. The van der Waals surface area contributed by atoms with E-state index in [1.807, 2.05) is 0 Å². The minimum Gasteiger partial charge on any atom is -0.507 e. The molecule has 1 aromatic rings. The van der Waals surface area contributed by atoms with E-state index in [-0.39, 0.29) is 17.1 Å². The molecule has 6 nitrogen and oxygen atoms in total. The highest BCUT2D eigenvalue weighted by Gasteiger charge is 2.19. The molecule has 0 fully saturated rings. The van der Waals surface area contributed by atoms with Gasteiger partial charge in [-0.05, 0) is 12.1 Å². The number of phenolic OH excluding ortho intramolecular Hbond substituents is 2. The van der Waals surface area contributed by atoms with E-state index in [9.17, 15) is 15.0 Å². The molecule has 0 bridgehead atoms. The zero-order valence-corrected chi connectivity index (χ0v) is 10.3. The van der Waals surface area contributed by atoms with Crippen LogP contribution in [0.4, 0.5) is 0 Å². The second-order valence-electron chi connectivity index (χ2n) is 3.80. The van der Waals surface area contributed by atoms with Gasteiger partial charge in [-0.15, -0.1) is 0 Å². The van der Waals surface area contributed by atoms with Gasteiger partial charge >= 0.3 is 0 Å². The first-order valence-electron chi connectivity index (χ1n) is 5.62. The van der Waals surface area contributed by atoms with Gasteiger partial charge in [-0.3, -0.25) is 4.79 Å². The Labute approximate surface area is 106 Å².